The van der Waals surface area contributed by atoms with Gasteiger partial charge in [0.1, 0.15) is 5.75 Å². The minimum atomic E-state index is -1.46. The molecule has 1 N–H and O–H groups in total. The number of carbonyl (C=O) groups is 5. The van der Waals surface area contributed by atoms with Gasteiger partial charge in [-0.3, -0.25) is 28.9 Å². The molecule has 7 nitrogen and oxygen atoms in total. The number of para-hydroxylation sites is 1. The molecule has 2 amide bonds. The molecule has 0 aromatic heterocycles. The van der Waals surface area contributed by atoms with Gasteiger partial charge in [0.2, 0.25) is 11.8 Å². The van der Waals surface area contributed by atoms with Gasteiger partial charge in [0.05, 0.1) is 22.9 Å². The van der Waals surface area contributed by atoms with Crippen LogP contribution in [0.2, 0.25) is 0 Å². The molecule has 7 heteroatoms. The lowest BCUT2D eigenvalue weighted by Gasteiger charge is -2.55. The van der Waals surface area contributed by atoms with Crippen molar-refractivity contribution in [1.29, 1.82) is 0 Å². The van der Waals surface area contributed by atoms with E-state index in [1.54, 1.807) is 54.6 Å². The highest BCUT2D eigenvalue weighted by molar-refractivity contribution is 6.32. The van der Waals surface area contributed by atoms with Crippen LogP contribution in [0.5, 0.6) is 5.75 Å². The Morgan fingerprint density at radius 1 is 0.754 bits per heavy atom. The maximum absolute atomic E-state index is 15.3. The molecule has 9 rings (SSSR count). The first-order valence-corrected chi connectivity index (χ1v) is 19.4. The van der Waals surface area contributed by atoms with Crippen molar-refractivity contribution in [3.63, 3.8) is 0 Å². The van der Waals surface area contributed by atoms with E-state index >= 15 is 9.59 Å². The third-order valence-corrected chi connectivity index (χ3v) is 12.6. The first-order chi connectivity index (χ1) is 27.7. The van der Waals surface area contributed by atoms with E-state index in [0.717, 1.165) is 5.57 Å². The zero-order valence-corrected chi connectivity index (χ0v) is 31.1. The predicted molar refractivity (Wildman–Crippen MR) is 217 cm³/mol. The smallest absolute Gasteiger partial charge is 0.238 e. The molecule has 2 fully saturated rings. The van der Waals surface area contributed by atoms with E-state index in [-0.39, 0.29) is 47.8 Å². The Kier molecular flexibility index (Phi) is 8.88. The average molecular weight is 750 g/mol. The van der Waals surface area contributed by atoms with Gasteiger partial charge in [-0.25, -0.2) is 0 Å². The number of imide groups is 1. The molecule has 6 atom stereocenters. The van der Waals surface area contributed by atoms with E-state index in [2.05, 4.69) is 6.58 Å². The van der Waals surface area contributed by atoms with Gasteiger partial charge in [-0.1, -0.05) is 127 Å². The van der Waals surface area contributed by atoms with E-state index < -0.39 is 35.0 Å². The molecule has 1 aliphatic heterocycles. The third kappa shape index (κ3) is 5.52. The van der Waals surface area contributed by atoms with Gasteiger partial charge >= 0.3 is 0 Å². The van der Waals surface area contributed by atoms with Crippen LogP contribution in [0.1, 0.15) is 56.9 Å². The van der Waals surface area contributed by atoms with Gasteiger partial charge in [-0.15, -0.1) is 6.58 Å². The second-order valence-corrected chi connectivity index (χ2v) is 15.4. The molecule has 280 valence electrons. The molecule has 0 radical (unpaired) electrons. The Balaban J connectivity index is 1.19. The summed E-state index contributed by atoms with van der Waals surface area (Å²) in [6.07, 6.45) is 5.94. The molecule has 0 spiro atoms. The highest BCUT2D eigenvalue weighted by Gasteiger charge is 2.66. The monoisotopic (exact) mass is 749 g/mol. The second-order valence-electron chi connectivity index (χ2n) is 15.4. The van der Waals surface area contributed by atoms with Crippen molar-refractivity contribution in [1.82, 2.24) is 0 Å². The molecule has 5 aromatic carbocycles. The predicted octanol–water partition coefficient (Wildman–Crippen LogP) is 8.38. The van der Waals surface area contributed by atoms with Crippen molar-refractivity contribution >= 4 is 40.4 Å². The van der Waals surface area contributed by atoms with E-state index in [0.29, 0.717) is 51.1 Å². The van der Waals surface area contributed by atoms with Crippen molar-refractivity contribution in [2.75, 3.05) is 4.90 Å². The number of hydrogen-bond donors (Lipinski definition) is 1. The normalized spacial score (nSPS) is 25.2. The Bertz CT molecular complexity index is 2540. The fourth-order valence-corrected chi connectivity index (χ4v) is 10.2. The number of phenols is 1. The lowest BCUT2D eigenvalue weighted by Crippen LogP contribution is -2.58. The highest BCUT2D eigenvalue weighted by atomic mass is 16.3. The van der Waals surface area contributed by atoms with Crippen LogP contribution >= 0.6 is 0 Å². The van der Waals surface area contributed by atoms with Crippen LogP contribution in [0.15, 0.2) is 164 Å². The van der Waals surface area contributed by atoms with Crippen LogP contribution in [0, 0.1) is 23.7 Å². The first-order valence-electron chi connectivity index (χ1n) is 19.4. The lowest BCUT2D eigenvalue weighted by molar-refractivity contribution is -0.135. The number of nitrogens with zero attached hydrogens (tertiary/aromatic N) is 1. The molecule has 3 aliphatic carbocycles. The molecule has 0 unspecified atom stereocenters. The number of Topliss-reactive ketones (excluding diaryl/α,β-unsaturated/α-hetero) is 1. The number of ketones is 3. The summed E-state index contributed by atoms with van der Waals surface area (Å²) >= 11 is 0. The number of hydrogen-bond acceptors (Lipinski definition) is 6. The Morgan fingerprint density at radius 3 is 2.09 bits per heavy atom. The second kappa shape index (κ2) is 14.1. The summed E-state index contributed by atoms with van der Waals surface area (Å²) < 4.78 is 0. The van der Waals surface area contributed by atoms with E-state index in [9.17, 15) is 19.5 Å². The number of rotatable bonds is 8. The van der Waals surface area contributed by atoms with Crippen molar-refractivity contribution in [2.45, 2.75) is 30.6 Å². The Labute approximate surface area is 330 Å². The summed E-state index contributed by atoms with van der Waals surface area (Å²) in [6, 6.07) is 39.4. The summed E-state index contributed by atoms with van der Waals surface area (Å²) in [5.74, 6) is -5.22. The standard InChI is InChI=1S/C50H39NO6/c1-2-13-31-18-12-21-38(46(31)54)44-36-26-27-37-43(49(57)51(48(37)56)35-24-22-33(23-25-35)45(53)32-16-8-4-9-17-32)40(36)28-41-47(55)39(30-14-6-3-7-15-30)29-42(52)50(41,44)34-19-10-5-11-20-34/h2-12,14-26,29,37,40-41,43-44,54H,1,13,27-28H2/t37-,40+,41-,43-,44+,50-/m0/s1. The number of aromatic hydroxyl groups is 1. The number of phenolic OH excluding ortho intramolecular Hbond substituents is 1. The maximum atomic E-state index is 15.3. The zero-order chi connectivity index (χ0) is 39.4. The van der Waals surface area contributed by atoms with Crippen molar-refractivity contribution in [2.24, 2.45) is 23.7 Å². The van der Waals surface area contributed by atoms with Gasteiger partial charge in [0.15, 0.2) is 17.3 Å². The first kappa shape index (κ1) is 35.9. The maximum Gasteiger partial charge on any atom is 0.238 e. The molecular weight excluding hydrogens is 711 g/mol. The average Bonchev–Trinajstić information content (AvgIpc) is 3.51. The third-order valence-electron chi connectivity index (χ3n) is 12.6. The Hall–Kier alpha value is -6.73. The van der Waals surface area contributed by atoms with Crippen LogP contribution in [-0.2, 0) is 31.0 Å². The van der Waals surface area contributed by atoms with Crippen molar-refractivity contribution in [3.8, 4) is 5.75 Å². The molecule has 1 saturated carbocycles. The molecule has 5 aromatic rings. The van der Waals surface area contributed by atoms with Gasteiger partial charge in [-0.2, -0.15) is 0 Å². The van der Waals surface area contributed by atoms with Gasteiger partial charge in [0.25, 0.3) is 0 Å². The van der Waals surface area contributed by atoms with Crippen LogP contribution in [0.3, 0.4) is 0 Å². The lowest BCUT2D eigenvalue weighted by atomic mass is 9.44. The molecule has 1 saturated heterocycles. The van der Waals surface area contributed by atoms with E-state index in [1.165, 1.54) is 11.0 Å². The minimum absolute atomic E-state index is 0.0128. The zero-order valence-electron chi connectivity index (χ0n) is 31.1. The van der Waals surface area contributed by atoms with Gasteiger partial charge in [-0.05, 0) is 72.2 Å². The highest BCUT2D eigenvalue weighted by Crippen LogP contribution is 2.64. The molecule has 0 bridgehead atoms. The number of benzene rings is 5. The summed E-state index contributed by atoms with van der Waals surface area (Å²) in [5, 5.41) is 12.1. The van der Waals surface area contributed by atoms with Crippen LogP contribution in [0.25, 0.3) is 5.57 Å². The van der Waals surface area contributed by atoms with Crippen molar-refractivity contribution in [3.05, 3.63) is 197 Å². The van der Waals surface area contributed by atoms with Gasteiger partial charge < -0.3 is 5.11 Å². The fraction of sp³-hybridized carbons (Fsp3) is 0.180. The van der Waals surface area contributed by atoms with Crippen LogP contribution < -0.4 is 4.90 Å². The molecule has 4 aliphatic rings. The molecular formula is C50H39NO6. The molecule has 1 heterocycles. The van der Waals surface area contributed by atoms with Crippen LogP contribution in [-0.4, -0.2) is 34.3 Å². The van der Waals surface area contributed by atoms with E-state index in [4.69, 9.17) is 0 Å². The van der Waals surface area contributed by atoms with Gasteiger partial charge in [0, 0.05) is 34.1 Å². The number of fused-ring (bicyclic) bond motifs is 4. The van der Waals surface area contributed by atoms with Crippen molar-refractivity contribution < 1.29 is 29.1 Å². The molecule has 57 heavy (non-hydrogen) atoms. The SMILES string of the molecule is C=CCc1cccc([C@H]2C3=CC[C@@H]4C(=O)N(c5ccc(C(=O)c6ccccc6)cc5)C(=O)[C@@H]4[C@@H]3C[C@H]3C(=O)C(c4ccccc4)=CC(=O)[C@@]23c2ccccc2)c1O. The van der Waals surface area contributed by atoms with E-state index in [1.807, 2.05) is 91.0 Å². The number of allylic oxidation sites excluding steroid dienone is 5. The minimum Gasteiger partial charge on any atom is -0.507 e. The van der Waals surface area contributed by atoms with Crippen LogP contribution in [0.4, 0.5) is 5.69 Å². The number of amides is 2. The summed E-state index contributed by atoms with van der Waals surface area (Å²) in [5.41, 5.74) is 3.34. The fourth-order valence-electron chi connectivity index (χ4n) is 10.2. The number of anilines is 1. The quantitative estimate of drug-likeness (QED) is 0.0971. The number of carbonyl (C=O) groups excluding carboxylic acids is 5. The largest absolute Gasteiger partial charge is 0.507 e. The summed E-state index contributed by atoms with van der Waals surface area (Å²) in [6.45, 7) is 3.88. The Morgan fingerprint density at radius 2 is 1.40 bits per heavy atom. The summed E-state index contributed by atoms with van der Waals surface area (Å²) in [4.78, 5) is 74.1. The summed E-state index contributed by atoms with van der Waals surface area (Å²) in [7, 11) is 0. The topological polar surface area (TPSA) is 109 Å².